The van der Waals surface area contributed by atoms with Crippen LogP contribution in [0.2, 0.25) is 0 Å². The van der Waals surface area contributed by atoms with Gasteiger partial charge in [0.15, 0.2) is 0 Å². The molecular weight excluding hydrogens is 357 g/mol. The molecule has 21 heavy (non-hydrogen) atoms. The van der Waals surface area contributed by atoms with Crippen LogP contribution in [0.5, 0.6) is 0 Å². The molecule has 0 aromatic carbocycles. The van der Waals surface area contributed by atoms with E-state index in [1.807, 2.05) is 0 Å². The van der Waals surface area contributed by atoms with E-state index in [0.717, 1.165) is 0 Å². The molecule has 0 unspecified atom stereocenters. The largest absolute Gasteiger partial charge is 1.00 e. The SMILES string of the molecule is C/C(=N\OS(=O)(=O)[O-])S[C@@H]1O[C@H](CO)[C@@H](O)[C@H](O)[C@H]1O.[K+]. The summed E-state index contributed by atoms with van der Waals surface area (Å²) < 4.78 is 39.4. The van der Waals surface area contributed by atoms with Crippen LogP contribution >= 0.6 is 11.8 Å². The van der Waals surface area contributed by atoms with E-state index in [9.17, 15) is 28.3 Å². The Bertz CT molecular complexity index is 457. The molecule has 1 aliphatic rings. The Kier molecular flexibility index (Phi) is 9.98. The second-order valence-electron chi connectivity index (χ2n) is 3.91. The summed E-state index contributed by atoms with van der Waals surface area (Å²) in [6, 6.07) is 0. The van der Waals surface area contributed by atoms with Crippen LogP contribution in [0.25, 0.3) is 0 Å². The van der Waals surface area contributed by atoms with Gasteiger partial charge in [0.2, 0.25) is 0 Å². The van der Waals surface area contributed by atoms with Crippen LogP contribution in [0.1, 0.15) is 6.92 Å². The Balaban J connectivity index is 0.00000400. The zero-order valence-electron chi connectivity index (χ0n) is 11.2. The maximum Gasteiger partial charge on any atom is 1.00 e. The number of hydrogen-bond donors (Lipinski definition) is 4. The summed E-state index contributed by atoms with van der Waals surface area (Å²) in [5, 5.41) is 40.6. The van der Waals surface area contributed by atoms with E-state index in [2.05, 4.69) is 9.44 Å². The standard InChI is InChI=1S/C8H15NO9S2.K/c1-3(9-18-20(14,15)16)19-8-7(13)6(12)5(11)4(2-10)17-8;/h4-8,10-13H,2H2,1H3,(H,14,15,16);/q;+1/p-1/b9-3+;/t4-,5-,6+,7-,8+;/m1./s1. The molecule has 1 fully saturated rings. The van der Waals surface area contributed by atoms with E-state index in [4.69, 9.17) is 9.84 Å². The third-order valence-corrected chi connectivity index (χ3v) is 3.69. The number of oxime groups is 1. The zero-order valence-corrected chi connectivity index (χ0v) is 15.9. The van der Waals surface area contributed by atoms with Gasteiger partial charge in [0.1, 0.15) is 34.9 Å². The van der Waals surface area contributed by atoms with Crippen molar-refractivity contribution < 1.29 is 93.8 Å². The number of aliphatic hydroxyl groups excluding tert-OH is 4. The van der Waals surface area contributed by atoms with Gasteiger partial charge in [-0.3, -0.25) is 4.28 Å². The summed E-state index contributed by atoms with van der Waals surface area (Å²) in [5.41, 5.74) is -1.13. The predicted molar refractivity (Wildman–Crippen MR) is 65.2 cm³/mol. The van der Waals surface area contributed by atoms with E-state index in [-0.39, 0.29) is 56.4 Å². The second-order valence-corrected chi connectivity index (χ2v) is 6.16. The second kappa shape index (κ2) is 9.46. The average Bonchev–Trinajstić information content (AvgIpc) is 2.36. The Morgan fingerprint density at radius 1 is 1.33 bits per heavy atom. The van der Waals surface area contributed by atoms with Gasteiger partial charge >= 0.3 is 51.4 Å². The maximum absolute atomic E-state index is 10.2. The van der Waals surface area contributed by atoms with Crippen LogP contribution < -0.4 is 51.4 Å². The van der Waals surface area contributed by atoms with Gasteiger partial charge in [0.25, 0.3) is 10.4 Å². The van der Waals surface area contributed by atoms with E-state index >= 15 is 0 Å². The molecule has 1 heterocycles. The summed E-state index contributed by atoms with van der Waals surface area (Å²) in [4.78, 5) is 0. The number of aliphatic hydroxyl groups is 4. The number of hydrogen-bond acceptors (Lipinski definition) is 11. The first-order valence-electron chi connectivity index (χ1n) is 5.32. The van der Waals surface area contributed by atoms with Crippen LogP contribution in [0.3, 0.4) is 0 Å². The smallest absolute Gasteiger partial charge is 0.714 e. The Labute approximate surface area is 167 Å². The monoisotopic (exact) mass is 371 g/mol. The van der Waals surface area contributed by atoms with E-state index in [0.29, 0.717) is 11.8 Å². The quantitative estimate of drug-likeness (QED) is 0.0933. The van der Waals surface area contributed by atoms with Gasteiger partial charge < -0.3 is 29.7 Å². The van der Waals surface area contributed by atoms with Crippen molar-refractivity contribution in [1.29, 1.82) is 0 Å². The van der Waals surface area contributed by atoms with Crippen molar-refractivity contribution >= 4 is 27.2 Å². The van der Waals surface area contributed by atoms with Gasteiger partial charge in [-0.15, -0.1) is 0 Å². The Morgan fingerprint density at radius 2 is 1.90 bits per heavy atom. The van der Waals surface area contributed by atoms with Crippen molar-refractivity contribution in [2.45, 2.75) is 36.8 Å². The molecule has 10 nitrogen and oxygen atoms in total. The third-order valence-electron chi connectivity index (χ3n) is 2.39. The topological polar surface area (TPSA) is 169 Å². The van der Waals surface area contributed by atoms with Crippen molar-refractivity contribution in [2.75, 3.05) is 6.61 Å². The third kappa shape index (κ3) is 7.07. The number of rotatable bonds is 4. The van der Waals surface area contributed by atoms with Crippen molar-refractivity contribution in [2.24, 2.45) is 5.16 Å². The zero-order chi connectivity index (χ0) is 15.5. The molecule has 0 aromatic heterocycles. The first-order valence-corrected chi connectivity index (χ1v) is 7.53. The molecule has 1 rings (SSSR count). The summed E-state index contributed by atoms with van der Waals surface area (Å²) in [7, 11) is -4.99. The molecule has 118 valence electrons. The van der Waals surface area contributed by atoms with Crippen molar-refractivity contribution in [1.82, 2.24) is 0 Å². The molecule has 1 aliphatic heterocycles. The molecule has 0 radical (unpaired) electrons. The summed E-state index contributed by atoms with van der Waals surface area (Å²) in [6.45, 7) is 0.681. The van der Waals surface area contributed by atoms with Gasteiger partial charge in [-0.05, 0) is 6.92 Å². The number of nitrogens with zero attached hydrogens (tertiary/aromatic N) is 1. The first kappa shape index (κ1) is 22.2. The fraction of sp³-hybridized carbons (Fsp3) is 0.875. The van der Waals surface area contributed by atoms with Crippen LogP contribution in [0.15, 0.2) is 5.16 Å². The molecule has 1 saturated heterocycles. The minimum absolute atomic E-state index is 0. The van der Waals surface area contributed by atoms with E-state index in [1.54, 1.807) is 0 Å². The van der Waals surface area contributed by atoms with E-state index in [1.165, 1.54) is 6.92 Å². The minimum Gasteiger partial charge on any atom is -0.714 e. The van der Waals surface area contributed by atoms with Gasteiger partial charge in [0.05, 0.1) is 6.61 Å². The fourth-order valence-corrected chi connectivity index (χ4v) is 2.62. The summed E-state index contributed by atoms with van der Waals surface area (Å²) >= 11 is 0.661. The number of thioether (sulfide) groups is 1. The van der Waals surface area contributed by atoms with Crippen LogP contribution in [-0.4, -0.2) is 74.9 Å². The molecule has 0 saturated carbocycles. The maximum atomic E-state index is 10.2. The molecular formula is C8H14KNO9S2. The van der Waals surface area contributed by atoms with Gasteiger partial charge in [-0.1, -0.05) is 16.9 Å². The summed E-state index contributed by atoms with van der Waals surface area (Å²) in [5.74, 6) is 0. The summed E-state index contributed by atoms with van der Waals surface area (Å²) in [6.07, 6.45) is -5.66. The number of ether oxygens (including phenoxy) is 1. The van der Waals surface area contributed by atoms with Gasteiger partial charge in [-0.2, -0.15) is 8.42 Å². The Morgan fingerprint density at radius 3 is 2.38 bits per heavy atom. The molecule has 0 bridgehead atoms. The van der Waals surface area contributed by atoms with Crippen LogP contribution in [0.4, 0.5) is 0 Å². The van der Waals surface area contributed by atoms with Crippen LogP contribution in [-0.2, 0) is 19.4 Å². The molecule has 0 spiro atoms. The molecule has 0 aliphatic carbocycles. The van der Waals surface area contributed by atoms with Crippen molar-refractivity contribution in [3.05, 3.63) is 0 Å². The molecule has 4 N–H and O–H groups in total. The van der Waals surface area contributed by atoms with E-state index < -0.39 is 46.9 Å². The first-order chi connectivity index (χ1) is 9.15. The normalized spacial score (nSPS) is 34.2. The average molecular weight is 371 g/mol. The van der Waals surface area contributed by atoms with Crippen molar-refractivity contribution in [3.8, 4) is 0 Å². The molecule has 13 heteroatoms. The fourth-order valence-electron chi connectivity index (χ4n) is 1.45. The molecule has 0 amide bonds. The molecule has 0 aromatic rings. The Hall–Kier alpha value is 1.17. The minimum atomic E-state index is -4.99. The van der Waals surface area contributed by atoms with Gasteiger partial charge in [-0.25, -0.2) is 0 Å². The van der Waals surface area contributed by atoms with Crippen LogP contribution in [0, 0.1) is 0 Å². The van der Waals surface area contributed by atoms with Gasteiger partial charge in [0, 0.05) is 0 Å². The van der Waals surface area contributed by atoms with Crippen molar-refractivity contribution in [3.63, 3.8) is 0 Å². The predicted octanol–water partition coefficient (Wildman–Crippen LogP) is -5.67. The molecule has 5 atom stereocenters.